The van der Waals surface area contributed by atoms with E-state index in [9.17, 15) is 14.4 Å². The summed E-state index contributed by atoms with van der Waals surface area (Å²) in [7, 11) is 0. The van der Waals surface area contributed by atoms with Crippen molar-refractivity contribution in [2.75, 3.05) is 0 Å². The summed E-state index contributed by atoms with van der Waals surface area (Å²) in [6.07, 6.45) is 2.27. The van der Waals surface area contributed by atoms with E-state index in [0.29, 0.717) is 32.3 Å². The molecule has 2 aromatic rings. The zero-order valence-corrected chi connectivity index (χ0v) is 18.9. The Morgan fingerprint density at radius 1 is 1.15 bits per heavy atom. The van der Waals surface area contributed by atoms with Crippen molar-refractivity contribution in [1.82, 2.24) is 21.3 Å². The highest BCUT2D eigenvalue weighted by atomic mass is 16.5. The number of imide groups is 1. The van der Waals surface area contributed by atoms with Crippen molar-refractivity contribution in [3.8, 4) is 5.75 Å². The Hall–Kier alpha value is -3.55. The average Bonchev–Trinajstić information content (AvgIpc) is 3.06. The Labute approximate surface area is 193 Å². The van der Waals surface area contributed by atoms with Crippen LogP contribution in [0.5, 0.6) is 5.75 Å². The third kappa shape index (κ3) is 5.45. The van der Waals surface area contributed by atoms with E-state index in [1.165, 1.54) is 5.56 Å². The number of aryl methyl sites for hydroxylation is 1. The number of rotatable bonds is 6. The zero-order valence-electron chi connectivity index (χ0n) is 18.9. The van der Waals surface area contributed by atoms with Crippen LogP contribution in [0, 0.1) is 6.92 Å². The van der Waals surface area contributed by atoms with Gasteiger partial charge >= 0.3 is 12.1 Å². The van der Waals surface area contributed by atoms with Gasteiger partial charge in [0, 0.05) is 6.04 Å². The van der Waals surface area contributed by atoms with Crippen LogP contribution in [0.2, 0.25) is 0 Å². The number of urea groups is 2. The van der Waals surface area contributed by atoms with Crippen molar-refractivity contribution in [2.45, 2.75) is 63.8 Å². The van der Waals surface area contributed by atoms with Gasteiger partial charge in [-0.15, -0.1) is 0 Å². The van der Waals surface area contributed by atoms with E-state index in [1.807, 2.05) is 43.3 Å². The lowest BCUT2D eigenvalue weighted by Gasteiger charge is -2.35. The number of benzene rings is 2. The molecule has 1 aliphatic carbocycles. The van der Waals surface area contributed by atoms with Crippen LogP contribution in [0.4, 0.5) is 9.59 Å². The fourth-order valence-corrected chi connectivity index (χ4v) is 4.46. The van der Waals surface area contributed by atoms with Gasteiger partial charge in [0.2, 0.25) is 0 Å². The summed E-state index contributed by atoms with van der Waals surface area (Å²) in [4.78, 5) is 36.0. The highest BCUT2D eigenvalue weighted by Gasteiger charge is 2.48. The van der Waals surface area contributed by atoms with Crippen LogP contribution in [0.1, 0.15) is 55.3 Å². The van der Waals surface area contributed by atoms with E-state index < -0.39 is 11.6 Å². The minimum atomic E-state index is -0.817. The predicted octanol–water partition coefficient (Wildman–Crippen LogP) is 3.46. The molecule has 2 aliphatic rings. The first-order valence-electron chi connectivity index (χ1n) is 11.3. The lowest BCUT2D eigenvalue weighted by molar-refractivity contribution is -0.125. The first kappa shape index (κ1) is 22.6. The summed E-state index contributed by atoms with van der Waals surface area (Å²) in [5.74, 6) is 0.506. The second-order valence-corrected chi connectivity index (χ2v) is 8.95. The maximum Gasteiger partial charge on any atom is 0.322 e. The van der Waals surface area contributed by atoms with Crippen molar-refractivity contribution >= 4 is 18.0 Å². The van der Waals surface area contributed by atoms with Gasteiger partial charge in [-0.1, -0.05) is 42.0 Å². The topological polar surface area (TPSA) is 109 Å². The lowest BCUT2D eigenvalue weighted by atomic mass is 9.79. The van der Waals surface area contributed by atoms with E-state index in [-0.39, 0.29) is 24.0 Å². The zero-order chi connectivity index (χ0) is 23.4. The molecule has 4 N–H and O–H groups in total. The Balaban J connectivity index is 1.23. The van der Waals surface area contributed by atoms with Crippen LogP contribution >= 0.6 is 0 Å². The van der Waals surface area contributed by atoms with Gasteiger partial charge in [-0.3, -0.25) is 10.1 Å². The predicted molar refractivity (Wildman–Crippen MR) is 124 cm³/mol. The molecule has 0 radical (unpaired) electrons. The van der Waals surface area contributed by atoms with Gasteiger partial charge in [-0.05, 0) is 62.8 Å². The number of nitrogens with one attached hydrogen (secondary N) is 4. The fourth-order valence-electron chi connectivity index (χ4n) is 4.46. The SMILES string of the molecule is Cc1cccc(COc2ccc(C(C)NC(=O)NC3CCC4(CC3)NC(=O)NC4=O)cc2)c1. The second-order valence-electron chi connectivity index (χ2n) is 8.95. The first-order valence-corrected chi connectivity index (χ1v) is 11.3. The molecule has 4 rings (SSSR count). The molecule has 8 nitrogen and oxygen atoms in total. The van der Waals surface area contributed by atoms with Crippen LogP contribution in [-0.2, 0) is 11.4 Å². The number of hydrogen-bond donors (Lipinski definition) is 4. The van der Waals surface area contributed by atoms with Crippen LogP contribution in [0.15, 0.2) is 48.5 Å². The molecule has 2 fully saturated rings. The quantitative estimate of drug-likeness (QED) is 0.506. The summed E-state index contributed by atoms with van der Waals surface area (Å²) in [5, 5.41) is 11.0. The Morgan fingerprint density at radius 2 is 1.88 bits per heavy atom. The molecule has 33 heavy (non-hydrogen) atoms. The standard InChI is InChI=1S/C25H30N4O4/c1-16-4-3-5-18(14-16)15-33-21-8-6-19(7-9-21)17(2)26-23(31)27-20-10-12-25(13-11-20)22(30)28-24(32)29-25/h3-9,14,17,20H,10-13,15H2,1-2H3,(H2,26,27,31)(H2,28,29,30,32). The van der Waals surface area contributed by atoms with Gasteiger partial charge in [-0.2, -0.15) is 0 Å². The minimum absolute atomic E-state index is 0.0365. The Morgan fingerprint density at radius 3 is 2.52 bits per heavy atom. The molecule has 174 valence electrons. The van der Waals surface area contributed by atoms with E-state index in [1.54, 1.807) is 0 Å². The van der Waals surface area contributed by atoms with E-state index >= 15 is 0 Å². The molecule has 2 aromatic carbocycles. The largest absolute Gasteiger partial charge is 0.489 e. The normalized spacial score (nSPS) is 22.9. The van der Waals surface area contributed by atoms with Crippen molar-refractivity contribution in [1.29, 1.82) is 0 Å². The number of carbonyl (C=O) groups is 3. The molecule has 8 heteroatoms. The van der Waals surface area contributed by atoms with Crippen molar-refractivity contribution in [2.24, 2.45) is 0 Å². The van der Waals surface area contributed by atoms with Gasteiger partial charge < -0.3 is 20.7 Å². The Bertz CT molecular complexity index is 1030. The van der Waals surface area contributed by atoms with Gasteiger partial charge in [0.05, 0.1) is 6.04 Å². The molecule has 1 unspecified atom stereocenters. The summed E-state index contributed by atoms with van der Waals surface area (Å²) >= 11 is 0. The minimum Gasteiger partial charge on any atom is -0.489 e. The molecular formula is C25H30N4O4. The molecule has 0 aromatic heterocycles. The molecule has 1 atom stereocenters. The maximum absolute atomic E-state index is 12.5. The van der Waals surface area contributed by atoms with Crippen LogP contribution in [0.3, 0.4) is 0 Å². The van der Waals surface area contributed by atoms with E-state index in [0.717, 1.165) is 16.9 Å². The lowest BCUT2D eigenvalue weighted by Crippen LogP contribution is -2.53. The third-order valence-corrected chi connectivity index (χ3v) is 6.40. The molecular weight excluding hydrogens is 420 g/mol. The molecule has 0 bridgehead atoms. The summed E-state index contributed by atoms with van der Waals surface area (Å²) in [6.45, 7) is 4.49. The second kappa shape index (κ2) is 9.52. The van der Waals surface area contributed by atoms with Crippen molar-refractivity contribution in [3.63, 3.8) is 0 Å². The highest BCUT2D eigenvalue weighted by molar-refractivity contribution is 6.07. The van der Waals surface area contributed by atoms with Gasteiger partial charge in [0.25, 0.3) is 5.91 Å². The molecule has 1 aliphatic heterocycles. The molecule has 5 amide bonds. The summed E-state index contributed by atoms with van der Waals surface area (Å²) in [5.41, 5.74) is 2.48. The highest BCUT2D eigenvalue weighted by Crippen LogP contribution is 2.31. The summed E-state index contributed by atoms with van der Waals surface area (Å²) in [6, 6.07) is 15.0. The first-order chi connectivity index (χ1) is 15.8. The van der Waals surface area contributed by atoms with E-state index in [4.69, 9.17) is 4.74 Å². The average molecular weight is 451 g/mol. The smallest absolute Gasteiger partial charge is 0.322 e. The summed E-state index contributed by atoms with van der Waals surface area (Å²) < 4.78 is 5.86. The van der Waals surface area contributed by atoms with Gasteiger partial charge in [-0.25, -0.2) is 9.59 Å². The molecule has 1 saturated heterocycles. The number of amides is 5. The monoisotopic (exact) mass is 450 g/mol. The van der Waals surface area contributed by atoms with Crippen LogP contribution in [0.25, 0.3) is 0 Å². The van der Waals surface area contributed by atoms with Crippen LogP contribution < -0.4 is 26.0 Å². The van der Waals surface area contributed by atoms with Gasteiger partial charge in [0.1, 0.15) is 17.9 Å². The van der Waals surface area contributed by atoms with Crippen molar-refractivity contribution < 1.29 is 19.1 Å². The number of hydrogen-bond acceptors (Lipinski definition) is 4. The molecule has 1 saturated carbocycles. The van der Waals surface area contributed by atoms with Crippen LogP contribution in [-0.4, -0.2) is 29.6 Å². The number of carbonyl (C=O) groups excluding carboxylic acids is 3. The Kier molecular flexibility index (Phi) is 6.53. The van der Waals surface area contributed by atoms with E-state index in [2.05, 4.69) is 40.3 Å². The number of ether oxygens (including phenoxy) is 1. The molecule has 1 spiro atoms. The fraction of sp³-hybridized carbons (Fsp3) is 0.400. The maximum atomic E-state index is 12.5. The third-order valence-electron chi connectivity index (χ3n) is 6.40. The molecule has 1 heterocycles. The van der Waals surface area contributed by atoms with Gasteiger partial charge in [0.15, 0.2) is 0 Å². The van der Waals surface area contributed by atoms with Crippen molar-refractivity contribution in [3.05, 3.63) is 65.2 Å².